The van der Waals surface area contributed by atoms with Gasteiger partial charge < -0.3 is 10.3 Å². The van der Waals surface area contributed by atoms with E-state index in [1.165, 1.54) is 12.1 Å². The van der Waals surface area contributed by atoms with Crippen molar-refractivity contribution in [3.05, 3.63) is 29.5 Å². The summed E-state index contributed by atoms with van der Waals surface area (Å²) in [5, 5.41) is 2.97. The van der Waals surface area contributed by atoms with Crippen molar-refractivity contribution in [3.63, 3.8) is 0 Å². The number of halogens is 3. The van der Waals surface area contributed by atoms with Crippen molar-refractivity contribution in [1.82, 2.24) is 5.16 Å². The zero-order valence-corrected chi connectivity index (χ0v) is 7.51. The molecule has 0 bridgehead atoms. The number of hydrogen-bond donors (Lipinski definition) is 1. The molecule has 1 aromatic heterocycles. The number of aromatic nitrogens is 1. The Labute approximate surface area is 82.6 Å². The predicted octanol–water partition coefficient (Wildman–Crippen LogP) is 2.31. The van der Waals surface area contributed by atoms with E-state index < -0.39 is 11.9 Å². The highest BCUT2D eigenvalue weighted by molar-refractivity contribution is 5.82. The van der Waals surface area contributed by atoms with Crippen LogP contribution in [0.2, 0.25) is 0 Å². The topological polar surface area (TPSA) is 52.0 Å². The average Bonchev–Trinajstić information content (AvgIpc) is 2.59. The van der Waals surface area contributed by atoms with Gasteiger partial charge in [-0.2, -0.15) is 13.2 Å². The first-order chi connectivity index (χ1) is 7.04. The summed E-state index contributed by atoms with van der Waals surface area (Å²) >= 11 is 0. The summed E-state index contributed by atoms with van der Waals surface area (Å²) in [5.74, 6) is 0. The Morgan fingerprint density at radius 1 is 1.33 bits per heavy atom. The van der Waals surface area contributed by atoms with Crippen molar-refractivity contribution in [2.75, 3.05) is 0 Å². The fourth-order valence-corrected chi connectivity index (χ4v) is 1.38. The number of alkyl halides is 3. The molecule has 0 atom stereocenters. The van der Waals surface area contributed by atoms with E-state index in [9.17, 15) is 13.2 Å². The number of benzene rings is 1. The van der Waals surface area contributed by atoms with Gasteiger partial charge in [0.15, 0.2) is 11.3 Å². The monoisotopic (exact) mass is 216 g/mol. The third-order valence-electron chi connectivity index (χ3n) is 2.07. The highest BCUT2D eigenvalue weighted by Crippen LogP contribution is 2.34. The van der Waals surface area contributed by atoms with E-state index in [1.54, 1.807) is 6.07 Å². The Morgan fingerprint density at radius 3 is 2.67 bits per heavy atom. The molecule has 0 radical (unpaired) electrons. The van der Waals surface area contributed by atoms with Crippen LogP contribution in [0.15, 0.2) is 22.7 Å². The lowest BCUT2D eigenvalue weighted by Crippen LogP contribution is -2.05. The molecule has 2 aromatic rings. The fourth-order valence-electron chi connectivity index (χ4n) is 1.38. The Kier molecular flexibility index (Phi) is 2.15. The van der Waals surface area contributed by atoms with E-state index in [1.807, 2.05) is 0 Å². The maximum Gasteiger partial charge on any atom is 0.437 e. The first kappa shape index (κ1) is 9.97. The largest absolute Gasteiger partial charge is 0.437 e. The van der Waals surface area contributed by atoms with Crippen molar-refractivity contribution < 1.29 is 17.7 Å². The molecule has 0 amide bonds. The number of nitrogens with zero attached hydrogens (tertiary/aromatic N) is 1. The van der Waals surface area contributed by atoms with Gasteiger partial charge in [-0.15, -0.1) is 0 Å². The summed E-state index contributed by atoms with van der Waals surface area (Å²) < 4.78 is 41.9. The van der Waals surface area contributed by atoms with Gasteiger partial charge in [0.25, 0.3) is 0 Å². The van der Waals surface area contributed by atoms with Crippen LogP contribution < -0.4 is 5.73 Å². The molecule has 0 spiro atoms. The van der Waals surface area contributed by atoms with Crippen LogP contribution in [0.3, 0.4) is 0 Å². The highest BCUT2D eigenvalue weighted by Gasteiger charge is 2.37. The van der Waals surface area contributed by atoms with E-state index in [2.05, 4.69) is 9.68 Å². The van der Waals surface area contributed by atoms with Crippen molar-refractivity contribution >= 4 is 11.0 Å². The summed E-state index contributed by atoms with van der Waals surface area (Å²) in [7, 11) is 0. The third kappa shape index (κ3) is 1.56. The lowest BCUT2D eigenvalue weighted by atomic mass is 10.1. The molecule has 6 heteroatoms. The van der Waals surface area contributed by atoms with Crippen molar-refractivity contribution in [2.24, 2.45) is 5.73 Å². The van der Waals surface area contributed by atoms with E-state index in [0.717, 1.165) is 0 Å². The molecule has 80 valence electrons. The van der Waals surface area contributed by atoms with Gasteiger partial charge in [0.2, 0.25) is 0 Å². The molecule has 1 aromatic carbocycles. The van der Waals surface area contributed by atoms with Gasteiger partial charge in [0, 0.05) is 12.1 Å². The number of rotatable bonds is 1. The smallest absolute Gasteiger partial charge is 0.355 e. The summed E-state index contributed by atoms with van der Waals surface area (Å²) in [4.78, 5) is 0. The zero-order valence-electron chi connectivity index (χ0n) is 7.51. The second kappa shape index (κ2) is 3.23. The maximum atomic E-state index is 12.4. The van der Waals surface area contributed by atoms with Gasteiger partial charge in [0.1, 0.15) is 0 Å². The molecule has 2 rings (SSSR count). The quantitative estimate of drug-likeness (QED) is 0.795. The first-order valence-electron chi connectivity index (χ1n) is 4.18. The van der Waals surface area contributed by atoms with E-state index in [0.29, 0.717) is 5.56 Å². The summed E-state index contributed by atoms with van der Waals surface area (Å²) in [6, 6.07) is 4.42. The van der Waals surface area contributed by atoms with Gasteiger partial charge in [-0.25, -0.2) is 0 Å². The van der Waals surface area contributed by atoms with Crippen LogP contribution >= 0.6 is 0 Å². The standard InChI is InChI=1S/C9H7F3N2O/c10-9(11,12)8-6-3-1-2-5(4-13)7(6)15-14-8/h1-3H,4,13H2. The van der Waals surface area contributed by atoms with Crippen LogP contribution in [0.4, 0.5) is 13.2 Å². The van der Waals surface area contributed by atoms with E-state index in [-0.39, 0.29) is 17.5 Å². The second-order valence-corrected chi connectivity index (χ2v) is 3.03. The molecule has 1 heterocycles. The van der Waals surface area contributed by atoms with Crippen LogP contribution in [-0.2, 0) is 12.7 Å². The Morgan fingerprint density at radius 2 is 2.07 bits per heavy atom. The lowest BCUT2D eigenvalue weighted by Gasteiger charge is -2.01. The van der Waals surface area contributed by atoms with Crippen molar-refractivity contribution in [2.45, 2.75) is 12.7 Å². The van der Waals surface area contributed by atoms with E-state index >= 15 is 0 Å². The van der Waals surface area contributed by atoms with Gasteiger partial charge in [-0.05, 0) is 6.07 Å². The molecule has 0 unspecified atom stereocenters. The molecule has 0 aliphatic carbocycles. The Hall–Kier alpha value is -1.56. The number of nitrogens with two attached hydrogens (primary N) is 1. The van der Waals surface area contributed by atoms with Crippen LogP contribution in [-0.4, -0.2) is 5.16 Å². The molecular formula is C9H7F3N2O. The zero-order chi connectivity index (χ0) is 11.1. The molecule has 0 fully saturated rings. The number of para-hydroxylation sites is 1. The predicted molar refractivity (Wildman–Crippen MR) is 46.9 cm³/mol. The maximum absolute atomic E-state index is 12.4. The molecule has 2 N–H and O–H groups in total. The molecular weight excluding hydrogens is 209 g/mol. The minimum atomic E-state index is -4.50. The Bertz CT molecular complexity index is 490. The molecule has 3 nitrogen and oxygen atoms in total. The minimum Gasteiger partial charge on any atom is -0.355 e. The second-order valence-electron chi connectivity index (χ2n) is 3.03. The number of hydrogen-bond acceptors (Lipinski definition) is 3. The summed E-state index contributed by atoms with van der Waals surface area (Å²) in [5.41, 5.74) is 4.97. The van der Waals surface area contributed by atoms with Crippen molar-refractivity contribution in [3.8, 4) is 0 Å². The van der Waals surface area contributed by atoms with Gasteiger partial charge in [0.05, 0.1) is 5.39 Å². The summed E-state index contributed by atoms with van der Waals surface area (Å²) in [6.45, 7) is 0.115. The minimum absolute atomic E-state index is 0.0505. The van der Waals surface area contributed by atoms with Gasteiger partial charge in [-0.3, -0.25) is 0 Å². The molecule has 0 aliphatic rings. The van der Waals surface area contributed by atoms with Crippen molar-refractivity contribution in [1.29, 1.82) is 0 Å². The van der Waals surface area contributed by atoms with Crippen LogP contribution in [0, 0.1) is 0 Å². The van der Waals surface area contributed by atoms with Crippen LogP contribution in [0.25, 0.3) is 11.0 Å². The molecule has 0 saturated heterocycles. The normalized spacial score (nSPS) is 12.3. The third-order valence-corrected chi connectivity index (χ3v) is 2.07. The molecule has 15 heavy (non-hydrogen) atoms. The van der Waals surface area contributed by atoms with Crippen LogP contribution in [0.5, 0.6) is 0 Å². The van der Waals surface area contributed by atoms with E-state index in [4.69, 9.17) is 5.73 Å². The van der Waals surface area contributed by atoms with Crippen LogP contribution in [0.1, 0.15) is 11.3 Å². The van der Waals surface area contributed by atoms with Gasteiger partial charge >= 0.3 is 6.18 Å². The fraction of sp³-hybridized carbons (Fsp3) is 0.222. The molecule has 0 aliphatic heterocycles. The first-order valence-corrected chi connectivity index (χ1v) is 4.18. The summed E-state index contributed by atoms with van der Waals surface area (Å²) in [6.07, 6.45) is -4.50. The van der Waals surface area contributed by atoms with Gasteiger partial charge in [-0.1, -0.05) is 17.3 Å². The Balaban J connectivity index is 2.72. The average molecular weight is 216 g/mol. The highest BCUT2D eigenvalue weighted by atomic mass is 19.4. The molecule has 0 saturated carbocycles. The lowest BCUT2D eigenvalue weighted by molar-refractivity contribution is -0.141. The SMILES string of the molecule is NCc1cccc2c(C(F)(F)F)noc12. The number of fused-ring (bicyclic) bond motifs is 1.